The maximum Gasteiger partial charge on any atom is 0.350 e. The first-order valence-corrected chi connectivity index (χ1v) is 7.82. The van der Waals surface area contributed by atoms with Crippen LogP contribution in [0.4, 0.5) is 10.7 Å². The number of carbonyl (C=O) groups is 1. The molecule has 6 heteroatoms. The van der Waals surface area contributed by atoms with E-state index in [2.05, 4.69) is 23.9 Å². The highest BCUT2D eigenvalue weighted by Crippen LogP contribution is 2.36. The van der Waals surface area contributed by atoms with Crippen molar-refractivity contribution >= 4 is 28.0 Å². The van der Waals surface area contributed by atoms with Gasteiger partial charge in [0.2, 0.25) is 0 Å². The van der Waals surface area contributed by atoms with Crippen LogP contribution < -0.4 is 10.6 Å². The number of ether oxygens (including phenoxy) is 1. The minimum atomic E-state index is -0.315. The van der Waals surface area contributed by atoms with Gasteiger partial charge in [0.05, 0.1) is 17.3 Å². The molecular formula is C14H23N3O2S. The number of likely N-dealkylation sites (N-methyl/N-ethyl adjacent to an activating group) is 1. The van der Waals surface area contributed by atoms with Crippen LogP contribution in [0.25, 0.3) is 0 Å². The van der Waals surface area contributed by atoms with Gasteiger partial charge in [-0.25, -0.2) is 4.79 Å². The third-order valence-electron chi connectivity index (χ3n) is 3.44. The highest BCUT2D eigenvalue weighted by atomic mass is 32.1. The number of nitrogens with two attached hydrogens (primary N) is 1. The molecule has 0 amide bonds. The Morgan fingerprint density at radius 2 is 2.35 bits per heavy atom. The number of hydrogen-bond acceptors (Lipinski definition) is 6. The topological polar surface area (TPSA) is 58.8 Å². The van der Waals surface area contributed by atoms with Crippen LogP contribution in [0, 0.1) is 0 Å². The van der Waals surface area contributed by atoms with Gasteiger partial charge in [0.25, 0.3) is 0 Å². The van der Waals surface area contributed by atoms with Gasteiger partial charge >= 0.3 is 5.97 Å². The molecule has 1 aromatic rings. The van der Waals surface area contributed by atoms with Crippen LogP contribution in [-0.2, 0) is 4.74 Å². The van der Waals surface area contributed by atoms with Crippen molar-refractivity contribution in [2.24, 2.45) is 0 Å². The third-order valence-corrected chi connectivity index (χ3v) is 4.61. The summed E-state index contributed by atoms with van der Waals surface area (Å²) in [7, 11) is 4.17. The van der Waals surface area contributed by atoms with Crippen LogP contribution in [-0.4, -0.2) is 50.7 Å². The second kappa shape index (κ2) is 6.45. The maximum atomic E-state index is 11.8. The van der Waals surface area contributed by atoms with Gasteiger partial charge in [-0.1, -0.05) is 0 Å². The molecule has 0 spiro atoms. The summed E-state index contributed by atoms with van der Waals surface area (Å²) in [4.78, 5) is 16.9. The lowest BCUT2D eigenvalue weighted by Gasteiger charge is -2.27. The minimum absolute atomic E-state index is 0.315. The minimum Gasteiger partial charge on any atom is -0.462 e. The molecule has 1 aromatic heterocycles. The summed E-state index contributed by atoms with van der Waals surface area (Å²) in [5.74, 6) is -0.315. The predicted molar refractivity (Wildman–Crippen MR) is 83.6 cm³/mol. The van der Waals surface area contributed by atoms with Crippen molar-refractivity contribution < 1.29 is 9.53 Å². The summed E-state index contributed by atoms with van der Waals surface area (Å²) in [6.45, 7) is 4.22. The molecule has 2 rings (SSSR count). The van der Waals surface area contributed by atoms with Gasteiger partial charge < -0.3 is 20.3 Å². The molecule has 0 saturated carbocycles. The normalized spacial score (nSPS) is 18.8. The van der Waals surface area contributed by atoms with Gasteiger partial charge in [0.15, 0.2) is 0 Å². The number of esters is 1. The standard InChI is InChI=1S/C14H23N3O2S/c1-4-19-14(18)13-11(15)8-12(20-13)17-7-5-6-10(17)9-16(2)3/h8,10H,4-7,9,15H2,1-3H3. The molecule has 0 bridgehead atoms. The summed E-state index contributed by atoms with van der Waals surface area (Å²) < 4.78 is 5.04. The monoisotopic (exact) mass is 297 g/mol. The number of nitrogens with zero attached hydrogens (tertiary/aromatic N) is 2. The van der Waals surface area contributed by atoms with Crippen LogP contribution in [0.15, 0.2) is 6.07 Å². The van der Waals surface area contributed by atoms with Crippen LogP contribution in [0.1, 0.15) is 29.4 Å². The van der Waals surface area contributed by atoms with Crippen molar-refractivity contribution in [3.05, 3.63) is 10.9 Å². The molecule has 1 aliphatic heterocycles. The Morgan fingerprint density at radius 1 is 1.60 bits per heavy atom. The zero-order chi connectivity index (χ0) is 14.7. The van der Waals surface area contributed by atoms with Crippen molar-refractivity contribution in [3.63, 3.8) is 0 Å². The second-order valence-corrected chi connectivity index (χ2v) is 6.37. The predicted octanol–water partition coefficient (Wildman–Crippen LogP) is 2.04. The Kier molecular flexibility index (Phi) is 4.88. The number of carbonyl (C=O) groups excluding carboxylic acids is 1. The number of anilines is 2. The van der Waals surface area contributed by atoms with Gasteiger partial charge in [-0.3, -0.25) is 0 Å². The zero-order valence-corrected chi connectivity index (χ0v) is 13.2. The first-order chi connectivity index (χ1) is 9.52. The third kappa shape index (κ3) is 3.24. The van der Waals surface area contributed by atoms with Gasteiger partial charge in [-0.15, -0.1) is 11.3 Å². The number of nitrogen functional groups attached to an aromatic ring is 1. The van der Waals surface area contributed by atoms with Gasteiger partial charge in [-0.05, 0) is 39.9 Å². The maximum absolute atomic E-state index is 11.8. The Hall–Kier alpha value is -1.27. The molecule has 0 aliphatic carbocycles. The summed E-state index contributed by atoms with van der Waals surface area (Å²) in [5.41, 5.74) is 6.49. The highest BCUT2D eigenvalue weighted by molar-refractivity contribution is 7.18. The van der Waals surface area contributed by atoms with E-state index in [4.69, 9.17) is 10.5 Å². The second-order valence-electron chi connectivity index (χ2n) is 5.34. The summed E-state index contributed by atoms with van der Waals surface area (Å²) in [6.07, 6.45) is 2.37. The molecule has 2 heterocycles. The van der Waals surface area contributed by atoms with E-state index in [1.54, 1.807) is 6.92 Å². The SMILES string of the molecule is CCOC(=O)c1sc(N2CCCC2CN(C)C)cc1N. The zero-order valence-electron chi connectivity index (χ0n) is 12.4. The van der Waals surface area contributed by atoms with Crippen molar-refractivity contribution in [1.82, 2.24) is 4.90 Å². The molecule has 1 unspecified atom stereocenters. The summed E-state index contributed by atoms with van der Waals surface area (Å²) in [5, 5.41) is 1.08. The molecule has 2 N–H and O–H groups in total. The van der Waals surface area contributed by atoms with Crippen molar-refractivity contribution in [3.8, 4) is 0 Å². The van der Waals surface area contributed by atoms with E-state index in [0.29, 0.717) is 23.2 Å². The van der Waals surface area contributed by atoms with E-state index < -0.39 is 0 Å². The fourth-order valence-corrected chi connectivity index (χ4v) is 3.70. The lowest BCUT2D eigenvalue weighted by atomic mass is 10.2. The molecular weight excluding hydrogens is 274 g/mol. The summed E-state index contributed by atoms with van der Waals surface area (Å²) >= 11 is 1.44. The van der Waals surface area contributed by atoms with Crippen molar-refractivity contribution in [2.75, 3.05) is 44.4 Å². The van der Waals surface area contributed by atoms with E-state index >= 15 is 0 Å². The number of rotatable bonds is 5. The molecule has 1 saturated heterocycles. The van der Waals surface area contributed by atoms with Gasteiger partial charge in [0, 0.05) is 19.1 Å². The summed E-state index contributed by atoms with van der Waals surface area (Å²) in [6, 6.07) is 2.41. The molecule has 112 valence electrons. The van der Waals surface area contributed by atoms with E-state index in [-0.39, 0.29) is 5.97 Å². The number of hydrogen-bond donors (Lipinski definition) is 1. The van der Waals surface area contributed by atoms with Crippen LogP contribution in [0.5, 0.6) is 0 Å². The lowest BCUT2D eigenvalue weighted by Crippen LogP contribution is -2.37. The molecule has 1 fully saturated rings. The van der Waals surface area contributed by atoms with E-state index in [1.165, 1.54) is 24.2 Å². The Morgan fingerprint density at radius 3 is 3.00 bits per heavy atom. The van der Waals surface area contributed by atoms with E-state index in [9.17, 15) is 4.79 Å². The molecule has 1 atom stereocenters. The molecule has 5 nitrogen and oxygen atoms in total. The van der Waals surface area contributed by atoms with Crippen LogP contribution >= 0.6 is 11.3 Å². The molecule has 1 aliphatic rings. The fraction of sp³-hybridized carbons (Fsp3) is 0.643. The average molecular weight is 297 g/mol. The molecule has 0 aromatic carbocycles. The first kappa shape index (κ1) is 15.1. The average Bonchev–Trinajstić information content (AvgIpc) is 2.95. The molecule has 20 heavy (non-hydrogen) atoms. The largest absolute Gasteiger partial charge is 0.462 e. The van der Waals surface area contributed by atoms with E-state index in [1.807, 2.05) is 6.07 Å². The van der Waals surface area contributed by atoms with Crippen LogP contribution in [0.3, 0.4) is 0 Å². The Balaban J connectivity index is 2.16. The first-order valence-electron chi connectivity index (χ1n) is 7.00. The van der Waals surface area contributed by atoms with E-state index in [0.717, 1.165) is 18.1 Å². The van der Waals surface area contributed by atoms with Gasteiger partial charge in [-0.2, -0.15) is 0 Å². The highest BCUT2D eigenvalue weighted by Gasteiger charge is 2.28. The van der Waals surface area contributed by atoms with Crippen LogP contribution in [0.2, 0.25) is 0 Å². The molecule has 0 radical (unpaired) electrons. The number of thiophene rings is 1. The lowest BCUT2D eigenvalue weighted by molar-refractivity contribution is 0.0533. The van der Waals surface area contributed by atoms with Crippen molar-refractivity contribution in [2.45, 2.75) is 25.8 Å². The smallest absolute Gasteiger partial charge is 0.350 e. The fourth-order valence-electron chi connectivity index (χ4n) is 2.63. The Bertz CT molecular complexity index is 473. The van der Waals surface area contributed by atoms with Crippen molar-refractivity contribution in [1.29, 1.82) is 0 Å². The Labute approximate surface area is 124 Å². The quantitative estimate of drug-likeness (QED) is 0.843. The van der Waals surface area contributed by atoms with Gasteiger partial charge in [0.1, 0.15) is 4.88 Å².